The minimum atomic E-state index is 0.930. The number of hydrogen-bond acceptors (Lipinski definition) is 2. The van der Waals surface area contributed by atoms with Crippen molar-refractivity contribution in [1.82, 2.24) is 10.6 Å². The van der Waals surface area contributed by atoms with Crippen LogP contribution in [-0.2, 0) is 0 Å². The fourth-order valence-electron chi connectivity index (χ4n) is 1.61. The van der Waals surface area contributed by atoms with Crippen molar-refractivity contribution in [3.05, 3.63) is 12.2 Å². The highest BCUT2D eigenvalue weighted by Gasteiger charge is 2.10. The number of hydrogen-bond donors (Lipinski definition) is 2. The van der Waals surface area contributed by atoms with E-state index in [0.29, 0.717) is 0 Å². The highest BCUT2D eigenvalue weighted by Crippen LogP contribution is 2.15. The zero-order valence-corrected chi connectivity index (χ0v) is 7.97. The van der Waals surface area contributed by atoms with E-state index in [1.807, 2.05) is 7.05 Å². The van der Waals surface area contributed by atoms with Crippen LogP contribution in [0.4, 0.5) is 0 Å². The molecule has 0 aromatic heterocycles. The maximum atomic E-state index is 3.38. The smallest absolute Gasteiger partial charge is 0.0131 e. The molecule has 0 radical (unpaired) electrons. The lowest BCUT2D eigenvalue weighted by molar-refractivity contribution is 0.377. The van der Waals surface area contributed by atoms with Crippen molar-refractivity contribution in [1.29, 1.82) is 0 Å². The van der Waals surface area contributed by atoms with Crippen molar-refractivity contribution in [2.75, 3.05) is 26.7 Å². The molecule has 0 spiro atoms. The summed E-state index contributed by atoms with van der Waals surface area (Å²) in [7, 11) is 1.98. The topological polar surface area (TPSA) is 24.1 Å². The van der Waals surface area contributed by atoms with Crippen molar-refractivity contribution in [2.24, 2.45) is 5.92 Å². The Morgan fingerprint density at radius 1 is 1.33 bits per heavy atom. The van der Waals surface area contributed by atoms with Crippen molar-refractivity contribution in [3.63, 3.8) is 0 Å². The van der Waals surface area contributed by atoms with Gasteiger partial charge in [-0.2, -0.15) is 0 Å². The SMILES string of the molecule is CNC/C=C\CC1CCNCC1. The Kier molecular flexibility index (Phi) is 5.04. The van der Waals surface area contributed by atoms with Gasteiger partial charge in [0.05, 0.1) is 0 Å². The largest absolute Gasteiger partial charge is 0.317 e. The molecule has 1 aliphatic heterocycles. The van der Waals surface area contributed by atoms with Crippen LogP contribution >= 0.6 is 0 Å². The van der Waals surface area contributed by atoms with E-state index in [1.165, 1.54) is 32.4 Å². The molecule has 0 bridgehead atoms. The van der Waals surface area contributed by atoms with Gasteiger partial charge in [0.2, 0.25) is 0 Å². The average Bonchev–Trinajstić information content (AvgIpc) is 2.14. The molecule has 1 fully saturated rings. The first kappa shape index (κ1) is 9.75. The van der Waals surface area contributed by atoms with E-state index in [2.05, 4.69) is 22.8 Å². The molecule has 1 heterocycles. The number of nitrogens with one attached hydrogen (secondary N) is 2. The third kappa shape index (κ3) is 3.88. The molecule has 1 rings (SSSR count). The maximum Gasteiger partial charge on any atom is 0.0131 e. The fraction of sp³-hybridized carbons (Fsp3) is 0.800. The lowest BCUT2D eigenvalue weighted by Gasteiger charge is -2.20. The Bertz CT molecular complexity index is 126. The van der Waals surface area contributed by atoms with Crippen LogP contribution in [0.15, 0.2) is 12.2 Å². The Morgan fingerprint density at radius 3 is 2.75 bits per heavy atom. The molecule has 0 aromatic rings. The Balaban J connectivity index is 2.04. The molecule has 12 heavy (non-hydrogen) atoms. The lowest BCUT2D eigenvalue weighted by Crippen LogP contribution is -2.27. The van der Waals surface area contributed by atoms with E-state index in [1.54, 1.807) is 0 Å². The normalized spacial score (nSPS) is 20.4. The zero-order valence-electron chi connectivity index (χ0n) is 7.97. The summed E-state index contributed by atoms with van der Waals surface area (Å²) in [5, 5.41) is 6.49. The van der Waals surface area contributed by atoms with E-state index in [-0.39, 0.29) is 0 Å². The van der Waals surface area contributed by atoms with Gasteiger partial charge in [-0.15, -0.1) is 0 Å². The minimum Gasteiger partial charge on any atom is -0.317 e. The molecule has 0 unspecified atom stereocenters. The number of allylic oxidation sites excluding steroid dienone is 1. The molecule has 0 aliphatic carbocycles. The summed E-state index contributed by atoms with van der Waals surface area (Å²) in [6, 6.07) is 0. The number of piperidine rings is 1. The zero-order chi connectivity index (χ0) is 8.65. The van der Waals surface area contributed by atoms with E-state index < -0.39 is 0 Å². The molecule has 0 aromatic carbocycles. The van der Waals surface area contributed by atoms with Crippen molar-refractivity contribution >= 4 is 0 Å². The van der Waals surface area contributed by atoms with Gasteiger partial charge in [0.25, 0.3) is 0 Å². The summed E-state index contributed by atoms with van der Waals surface area (Å²) in [5.41, 5.74) is 0. The van der Waals surface area contributed by atoms with Crippen LogP contribution in [0, 0.1) is 5.92 Å². The third-order valence-electron chi connectivity index (χ3n) is 2.42. The third-order valence-corrected chi connectivity index (χ3v) is 2.42. The molecule has 2 heteroatoms. The summed E-state index contributed by atoms with van der Waals surface area (Å²) in [5.74, 6) is 0.930. The Hall–Kier alpha value is -0.340. The lowest BCUT2D eigenvalue weighted by atomic mass is 9.94. The monoisotopic (exact) mass is 168 g/mol. The number of likely N-dealkylation sites (N-methyl/N-ethyl adjacent to an activating group) is 1. The average molecular weight is 168 g/mol. The van der Waals surface area contributed by atoms with Crippen LogP contribution in [0.5, 0.6) is 0 Å². The van der Waals surface area contributed by atoms with Gasteiger partial charge in [-0.25, -0.2) is 0 Å². The Morgan fingerprint density at radius 2 is 2.08 bits per heavy atom. The van der Waals surface area contributed by atoms with Gasteiger partial charge in [-0.05, 0) is 45.3 Å². The van der Waals surface area contributed by atoms with Crippen LogP contribution in [0.2, 0.25) is 0 Å². The van der Waals surface area contributed by atoms with E-state index in [4.69, 9.17) is 0 Å². The summed E-state index contributed by atoms with van der Waals surface area (Å²) >= 11 is 0. The molecular weight excluding hydrogens is 148 g/mol. The van der Waals surface area contributed by atoms with Crippen molar-refractivity contribution < 1.29 is 0 Å². The van der Waals surface area contributed by atoms with Crippen LogP contribution in [0.25, 0.3) is 0 Å². The van der Waals surface area contributed by atoms with Crippen LogP contribution in [0.3, 0.4) is 0 Å². The first-order chi connectivity index (χ1) is 5.93. The number of rotatable bonds is 4. The van der Waals surface area contributed by atoms with Gasteiger partial charge in [-0.3, -0.25) is 0 Å². The summed E-state index contributed by atoms with van der Waals surface area (Å²) in [6.07, 6.45) is 8.51. The highest BCUT2D eigenvalue weighted by atomic mass is 14.9. The fourth-order valence-corrected chi connectivity index (χ4v) is 1.61. The molecule has 1 aliphatic rings. The second-order valence-corrected chi connectivity index (χ2v) is 3.46. The van der Waals surface area contributed by atoms with Crippen LogP contribution in [-0.4, -0.2) is 26.7 Å². The van der Waals surface area contributed by atoms with Crippen molar-refractivity contribution in [2.45, 2.75) is 19.3 Å². The maximum absolute atomic E-state index is 3.38. The first-order valence-electron chi connectivity index (χ1n) is 4.94. The van der Waals surface area contributed by atoms with Gasteiger partial charge in [-0.1, -0.05) is 12.2 Å². The molecule has 1 saturated heterocycles. The first-order valence-corrected chi connectivity index (χ1v) is 4.94. The van der Waals surface area contributed by atoms with E-state index in [9.17, 15) is 0 Å². The van der Waals surface area contributed by atoms with Crippen LogP contribution < -0.4 is 10.6 Å². The molecule has 2 N–H and O–H groups in total. The van der Waals surface area contributed by atoms with E-state index >= 15 is 0 Å². The Labute approximate surface area is 75.4 Å². The van der Waals surface area contributed by atoms with Gasteiger partial charge in [0.15, 0.2) is 0 Å². The molecule has 70 valence electrons. The summed E-state index contributed by atoms with van der Waals surface area (Å²) in [6.45, 7) is 3.43. The molecule has 0 saturated carbocycles. The van der Waals surface area contributed by atoms with Gasteiger partial charge < -0.3 is 10.6 Å². The standard InChI is InChI=1S/C10H20N2/c1-11-7-3-2-4-10-5-8-12-9-6-10/h2-3,10-12H,4-9H2,1H3/b3-2-. The van der Waals surface area contributed by atoms with Gasteiger partial charge >= 0.3 is 0 Å². The van der Waals surface area contributed by atoms with Crippen molar-refractivity contribution in [3.8, 4) is 0 Å². The predicted octanol–water partition coefficient (Wildman–Crippen LogP) is 1.15. The quantitative estimate of drug-likeness (QED) is 0.615. The second kappa shape index (κ2) is 6.21. The molecular formula is C10H20N2. The highest BCUT2D eigenvalue weighted by molar-refractivity contribution is 4.86. The predicted molar refractivity (Wildman–Crippen MR) is 53.3 cm³/mol. The summed E-state index contributed by atoms with van der Waals surface area (Å²) < 4.78 is 0. The van der Waals surface area contributed by atoms with Crippen LogP contribution in [0.1, 0.15) is 19.3 Å². The minimum absolute atomic E-state index is 0.930. The second-order valence-electron chi connectivity index (χ2n) is 3.46. The molecule has 0 atom stereocenters. The van der Waals surface area contributed by atoms with E-state index in [0.717, 1.165) is 12.5 Å². The molecule has 0 amide bonds. The summed E-state index contributed by atoms with van der Waals surface area (Å²) in [4.78, 5) is 0. The van der Waals surface area contributed by atoms with Gasteiger partial charge in [0.1, 0.15) is 0 Å². The molecule has 2 nitrogen and oxygen atoms in total. The van der Waals surface area contributed by atoms with Gasteiger partial charge in [0, 0.05) is 6.54 Å².